The highest BCUT2D eigenvalue weighted by Gasteiger charge is 2.18. The van der Waals surface area contributed by atoms with E-state index in [9.17, 15) is 0 Å². The van der Waals surface area contributed by atoms with Gasteiger partial charge in [0.2, 0.25) is 0 Å². The molecular formula is C34H21BrN4. The van der Waals surface area contributed by atoms with Crippen LogP contribution >= 0.6 is 15.9 Å². The van der Waals surface area contributed by atoms with Crippen molar-refractivity contribution in [2.75, 3.05) is 0 Å². The summed E-state index contributed by atoms with van der Waals surface area (Å²) in [5, 5.41) is 4.81. The van der Waals surface area contributed by atoms with Crippen molar-refractivity contribution in [2.24, 2.45) is 0 Å². The van der Waals surface area contributed by atoms with Crippen LogP contribution in [-0.2, 0) is 0 Å². The molecule has 0 amide bonds. The van der Waals surface area contributed by atoms with Crippen LogP contribution in [0.4, 0.5) is 0 Å². The molecule has 3 heterocycles. The van der Waals surface area contributed by atoms with Gasteiger partial charge in [0.25, 0.3) is 0 Å². The van der Waals surface area contributed by atoms with Crippen LogP contribution in [0.25, 0.3) is 66.6 Å². The number of hydrogen-bond acceptors (Lipinski definition) is 2. The number of aromatic nitrogens is 4. The molecule has 0 N–H and O–H groups in total. The first-order chi connectivity index (χ1) is 19.3. The van der Waals surface area contributed by atoms with Crippen molar-refractivity contribution in [1.29, 1.82) is 0 Å². The zero-order valence-corrected chi connectivity index (χ0v) is 22.4. The van der Waals surface area contributed by atoms with Gasteiger partial charge in [-0.25, -0.2) is 9.97 Å². The summed E-state index contributed by atoms with van der Waals surface area (Å²) in [7, 11) is 0. The Bertz CT molecular complexity index is 1970. The molecule has 0 spiro atoms. The quantitative estimate of drug-likeness (QED) is 0.214. The van der Waals surface area contributed by atoms with E-state index in [1.165, 1.54) is 21.5 Å². The van der Waals surface area contributed by atoms with Crippen molar-refractivity contribution in [3.63, 3.8) is 0 Å². The van der Waals surface area contributed by atoms with E-state index in [1.54, 1.807) is 0 Å². The van der Waals surface area contributed by atoms with Crippen molar-refractivity contribution in [2.45, 2.75) is 0 Å². The first-order valence-electron chi connectivity index (χ1n) is 12.9. The Hall–Kier alpha value is -4.74. The van der Waals surface area contributed by atoms with E-state index in [0.29, 0.717) is 5.82 Å². The number of nitrogens with zero attached hydrogens (tertiary/aromatic N) is 4. The van der Waals surface area contributed by atoms with Crippen LogP contribution in [0, 0.1) is 0 Å². The summed E-state index contributed by atoms with van der Waals surface area (Å²) in [5.41, 5.74) is 5.42. The Morgan fingerprint density at radius 2 is 0.846 bits per heavy atom. The third-order valence-electron chi connectivity index (χ3n) is 7.40. The SMILES string of the molecule is Brc1cccc(-c2nc(-n3c4ccccc4c4ccccc43)cc(-n3c4ccccc4c4ccccc43)n2)c1. The van der Waals surface area contributed by atoms with Crippen LogP contribution in [0.5, 0.6) is 0 Å². The predicted molar refractivity (Wildman–Crippen MR) is 164 cm³/mol. The van der Waals surface area contributed by atoms with Crippen LogP contribution < -0.4 is 0 Å². The van der Waals surface area contributed by atoms with Crippen molar-refractivity contribution in [3.8, 4) is 23.0 Å². The van der Waals surface area contributed by atoms with Gasteiger partial charge in [-0.2, -0.15) is 0 Å². The molecular weight excluding hydrogens is 544 g/mol. The molecule has 0 saturated carbocycles. The van der Waals surface area contributed by atoms with Gasteiger partial charge in [-0.3, -0.25) is 9.13 Å². The molecule has 0 aliphatic rings. The molecule has 8 rings (SSSR count). The molecule has 0 fully saturated rings. The second-order valence-corrected chi connectivity index (χ2v) is 10.6. The summed E-state index contributed by atoms with van der Waals surface area (Å²) in [6.07, 6.45) is 0. The predicted octanol–water partition coefficient (Wildman–Crippen LogP) is 9.10. The van der Waals surface area contributed by atoms with Gasteiger partial charge in [-0.1, -0.05) is 101 Å². The first-order valence-corrected chi connectivity index (χ1v) is 13.7. The van der Waals surface area contributed by atoms with Gasteiger partial charge in [-0.15, -0.1) is 0 Å². The largest absolute Gasteiger partial charge is 0.294 e. The highest BCUT2D eigenvalue weighted by Crippen LogP contribution is 2.35. The van der Waals surface area contributed by atoms with Crippen LogP contribution in [0.1, 0.15) is 0 Å². The average molecular weight is 565 g/mol. The Morgan fingerprint density at radius 3 is 1.26 bits per heavy atom. The van der Waals surface area contributed by atoms with E-state index in [1.807, 2.05) is 12.1 Å². The summed E-state index contributed by atoms with van der Waals surface area (Å²) >= 11 is 3.64. The minimum Gasteiger partial charge on any atom is -0.294 e. The lowest BCUT2D eigenvalue weighted by Crippen LogP contribution is -2.06. The molecule has 0 aliphatic carbocycles. The molecule has 0 bridgehead atoms. The fraction of sp³-hybridized carbons (Fsp3) is 0. The minimum atomic E-state index is 0.674. The second-order valence-electron chi connectivity index (χ2n) is 9.66. The zero-order valence-electron chi connectivity index (χ0n) is 20.8. The maximum atomic E-state index is 5.18. The molecule has 8 aromatic rings. The van der Waals surface area contributed by atoms with Crippen molar-refractivity contribution in [1.82, 2.24) is 19.1 Å². The highest BCUT2D eigenvalue weighted by atomic mass is 79.9. The fourth-order valence-corrected chi connectivity index (χ4v) is 6.15. The zero-order chi connectivity index (χ0) is 25.9. The van der Waals surface area contributed by atoms with Crippen LogP contribution in [0.15, 0.2) is 132 Å². The third-order valence-corrected chi connectivity index (χ3v) is 7.89. The first kappa shape index (κ1) is 22.3. The fourth-order valence-electron chi connectivity index (χ4n) is 5.75. The Balaban J connectivity index is 1.51. The van der Waals surface area contributed by atoms with Gasteiger partial charge in [0.1, 0.15) is 11.6 Å². The van der Waals surface area contributed by atoms with Crippen molar-refractivity contribution >= 4 is 59.5 Å². The number of halogens is 1. The monoisotopic (exact) mass is 564 g/mol. The lowest BCUT2D eigenvalue weighted by Gasteiger charge is -2.14. The van der Waals surface area contributed by atoms with E-state index in [4.69, 9.17) is 9.97 Å². The second kappa shape index (κ2) is 8.65. The molecule has 0 unspecified atom stereocenters. The molecule has 0 radical (unpaired) electrons. The van der Waals surface area contributed by atoms with Crippen molar-refractivity contribution < 1.29 is 0 Å². The summed E-state index contributed by atoms with van der Waals surface area (Å²) < 4.78 is 5.50. The number of benzene rings is 5. The van der Waals surface area contributed by atoms with E-state index in [0.717, 1.165) is 43.7 Å². The molecule has 4 nitrogen and oxygen atoms in total. The molecule has 5 heteroatoms. The minimum absolute atomic E-state index is 0.674. The molecule has 39 heavy (non-hydrogen) atoms. The summed E-state index contributed by atoms with van der Waals surface area (Å²) in [5.74, 6) is 2.33. The Labute approximate surface area is 232 Å². The maximum Gasteiger partial charge on any atom is 0.163 e. The topological polar surface area (TPSA) is 35.6 Å². The number of rotatable bonds is 3. The normalized spacial score (nSPS) is 11.7. The number of fused-ring (bicyclic) bond motifs is 6. The molecule has 0 saturated heterocycles. The highest BCUT2D eigenvalue weighted by molar-refractivity contribution is 9.10. The standard InChI is InChI=1S/C34H21BrN4/c35-23-11-9-10-22(20-23)34-36-32(38-28-16-5-1-12-24(28)25-13-2-6-17-29(25)38)21-33(37-34)39-30-18-7-3-14-26(30)27-15-4-8-19-31(27)39/h1-21H. The Morgan fingerprint density at radius 1 is 0.436 bits per heavy atom. The van der Waals surface area contributed by atoms with Gasteiger partial charge < -0.3 is 0 Å². The van der Waals surface area contributed by atoms with Gasteiger partial charge in [-0.05, 0) is 36.4 Å². The van der Waals surface area contributed by atoms with Crippen molar-refractivity contribution in [3.05, 3.63) is 132 Å². The van der Waals surface area contributed by atoms with Gasteiger partial charge in [0.05, 0.1) is 22.1 Å². The van der Waals surface area contributed by atoms with E-state index in [-0.39, 0.29) is 0 Å². The Kier molecular flexibility index (Phi) is 4.94. The van der Waals surface area contributed by atoms with Gasteiger partial charge in [0, 0.05) is 37.6 Å². The van der Waals surface area contributed by atoms with Gasteiger partial charge >= 0.3 is 0 Å². The summed E-state index contributed by atoms with van der Waals surface area (Å²) in [6.45, 7) is 0. The molecule has 5 aromatic carbocycles. The molecule has 3 aromatic heterocycles. The van der Waals surface area contributed by atoms with E-state index in [2.05, 4.69) is 140 Å². The number of hydrogen-bond donors (Lipinski definition) is 0. The lowest BCUT2D eigenvalue weighted by molar-refractivity contribution is 0.994. The summed E-state index contributed by atoms with van der Waals surface area (Å²) in [6, 6.07) is 44.4. The number of para-hydroxylation sites is 4. The van der Waals surface area contributed by atoms with Crippen LogP contribution in [-0.4, -0.2) is 19.1 Å². The molecule has 0 atom stereocenters. The average Bonchev–Trinajstić information content (AvgIpc) is 3.50. The van der Waals surface area contributed by atoms with E-state index >= 15 is 0 Å². The lowest BCUT2D eigenvalue weighted by atomic mass is 10.2. The van der Waals surface area contributed by atoms with Gasteiger partial charge in [0.15, 0.2) is 5.82 Å². The van der Waals surface area contributed by atoms with Crippen LogP contribution in [0.3, 0.4) is 0 Å². The molecule has 0 aliphatic heterocycles. The van der Waals surface area contributed by atoms with Crippen LogP contribution in [0.2, 0.25) is 0 Å². The van der Waals surface area contributed by atoms with E-state index < -0.39 is 0 Å². The third kappa shape index (κ3) is 3.44. The maximum absolute atomic E-state index is 5.18. The molecule has 184 valence electrons. The summed E-state index contributed by atoms with van der Waals surface area (Å²) in [4.78, 5) is 10.4. The smallest absolute Gasteiger partial charge is 0.163 e.